The normalized spacial score (nSPS) is 17.0. The van der Waals surface area contributed by atoms with E-state index in [0.29, 0.717) is 18.7 Å². The highest BCUT2D eigenvalue weighted by Crippen LogP contribution is 2.22. The summed E-state index contributed by atoms with van der Waals surface area (Å²) in [5, 5.41) is 14.8. The SMILES string of the molecule is Cc1ccnn(C2CCCN(C(=O)Oc3ccc([N+](=O)[O-])cc3)C2)c1=O. The van der Waals surface area contributed by atoms with Crippen molar-refractivity contribution in [2.75, 3.05) is 13.1 Å². The summed E-state index contributed by atoms with van der Waals surface area (Å²) in [4.78, 5) is 36.3. The third-order valence-electron chi connectivity index (χ3n) is 4.31. The Balaban J connectivity index is 1.69. The lowest BCUT2D eigenvalue weighted by Gasteiger charge is -2.32. The number of amides is 1. The molecule has 0 bridgehead atoms. The molecule has 1 saturated heterocycles. The number of non-ortho nitro benzene ring substituents is 1. The van der Waals surface area contributed by atoms with E-state index < -0.39 is 11.0 Å². The Kier molecular flexibility index (Phi) is 4.97. The first-order chi connectivity index (χ1) is 12.5. The Labute approximate surface area is 149 Å². The van der Waals surface area contributed by atoms with E-state index in [1.165, 1.54) is 33.8 Å². The van der Waals surface area contributed by atoms with Crippen molar-refractivity contribution in [1.29, 1.82) is 0 Å². The van der Waals surface area contributed by atoms with Gasteiger partial charge >= 0.3 is 6.09 Å². The quantitative estimate of drug-likeness (QED) is 0.615. The van der Waals surface area contributed by atoms with Gasteiger partial charge in [0.15, 0.2) is 0 Å². The first-order valence-corrected chi connectivity index (χ1v) is 8.21. The summed E-state index contributed by atoms with van der Waals surface area (Å²) < 4.78 is 6.70. The number of nitro benzene ring substituents is 1. The molecule has 1 amide bonds. The van der Waals surface area contributed by atoms with Gasteiger partial charge < -0.3 is 9.64 Å². The van der Waals surface area contributed by atoms with E-state index in [2.05, 4.69) is 5.10 Å². The van der Waals surface area contributed by atoms with Crippen LogP contribution in [-0.4, -0.2) is 38.8 Å². The van der Waals surface area contributed by atoms with E-state index in [4.69, 9.17) is 4.74 Å². The van der Waals surface area contributed by atoms with Crippen LogP contribution in [0.15, 0.2) is 41.3 Å². The maximum absolute atomic E-state index is 12.4. The van der Waals surface area contributed by atoms with Crippen LogP contribution in [0.4, 0.5) is 10.5 Å². The first-order valence-electron chi connectivity index (χ1n) is 8.21. The number of carbonyl (C=O) groups excluding carboxylic acids is 1. The van der Waals surface area contributed by atoms with E-state index in [1.54, 1.807) is 19.2 Å². The summed E-state index contributed by atoms with van der Waals surface area (Å²) in [7, 11) is 0. The van der Waals surface area contributed by atoms with Gasteiger partial charge in [0, 0.05) is 37.0 Å². The van der Waals surface area contributed by atoms with Gasteiger partial charge in [0.25, 0.3) is 11.2 Å². The molecule has 1 unspecified atom stereocenters. The molecule has 0 aliphatic carbocycles. The van der Waals surface area contributed by atoms with Crippen LogP contribution in [0.25, 0.3) is 0 Å². The summed E-state index contributed by atoms with van der Waals surface area (Å²) in [6, 6.07) is 6.76. The van der Waals surface area contributed by atoms with Gasteiger partial charge in [-0.3, -0.25) is 14.9 Å². The highest BCUT2D eigenvalue weighted by molar-refractivity contribution is 5.71. The lowest BCUT2D eigenvalue weighted by Crippen LogP contribution is -2.44. The Morgan fingerprint density at radius 1 is 1.31 bits per heavy atom. The van der Waals surface area contributed by atoms with E-state index in [0.717, 1.165) is 12.8 Å². The smallest absolute Gasteiger partial charge is 0.410 e. The molecule has 1 aliphatic rings. The van der Waals surface area contributed by atoms with Crippen molar-refractivity contribution in [3.05, 3.63) is 62.6 Å². The first kappa shape index (κ1) is 17.6. The van der Waals surface area contributed by atoms with Crippen LogP contribution in [0.2, 0.25) is 0 Å². The second-order valence-corrected chi connectivity index (χ2v) is 6.12. The summed E-state index contributed by atoms with van der Waals surface area (Å²) in [6.45, 7) is 2.56. The number of benzene rings is 1. The molecule has 1 atom stereocenters. The van der Waals surface area contributed by atoms with Gasteiger partial charge in [-0.2, -0.15) is 5.10 Å². The number of piperidine rings is 1. The summed E-state index contributed by atoms with van der Waals surface area (Å²) in [5.74, 6) is 0.230. The second-order valence-electron chi connectivity index (χ2n) is 6.12. The topological polar surface area (TPSA) is 108 Å². The average molecular weight is 358 g/mol. The van der Waals surface area contributed by atoms with Gasteiger partial charge in [0.05, 0.1) is 11.0 Å². The molecule has 26 heavy (non-hydrogen) atoms. The van der Waals surface area contributed by atoms with Crippen LogP contribution >= 0.6 is 0 Å². The van der Waals surface area contributed by atoms with E-state index in [-0.39, 0.29) is 23.0 Å². The van der Waals surface area contributed by atoms with Gasteiger partial charge in [-0.1, -0.05) is 0 Å². The second kappa shape index (κ2) is 7.34. The molecule has 0 radical (unpaired) electrons. The summed E-state index contributed by atoms with van der Waals surface area (Å²) in [5.41, 5.74) is 0.362. The zero-order valence-electron chi connectivity index (χ0n) is 14.2. The lowest BCUT2D eigenvalue weighted by atomic mass is 10.1. The van der Waals surface area contributed by atoms with E-state index in [9.17, 15) is 19.7 Å². The number of carbonyl (C=O) groups is 1. The molecule has 1 aliphatic heterocycles. The van der Waals surface area contributed by atoms with Crippen molar-refractivity contribution in [3.63, 3.8) is 0 Å². The van der Waals surface area contributed by atoms with Crippen molar-refractivity contribution in [2.24, 2.45) is 0 Å². The third kappa shape index (κ3) is 3.71. The van der Waals surface area contributed by atoms with Gasteiger partial charge in [0.2, 0.25) is 0 Å². The molecule has 1 aromatic carbocycles. The van der Waals surface area contributed by atoms with Crippen molar-refractivity contribution < 1.29 is 14.5 Å². The summed E-state index contributed by atoms with van der Waals surface area (Å²) >= 11 is 0. The molecule has 9 heteroatoms. The minimum absolute atomic E-state index is 0.0762. The molecular formula is C17H18N4O5. The number of ether oxygens (including phenoxy) is 1. The monoisotopic (exact) mass is 358 g/mol. The molecule has 136 valence electrons. The van der Waals surface area contributed by atoms with Crippen LogP contribution < -0.4 is 10.3 Å². The Morgan fingerprint density at radius 2 is 2.04 bits per heavy atom. The Bertz CT molecular complexity index is 877. The fraction of sp³-hybridized carbons (Fsp3) is 0.353. The number of hydrogen-bond donors (Lipinski definition) is 0. The van der Waals surface area contributed by atoms with Crippen molar-refractivity contribution in [3.8, 4) is 5.75 Å². The third-order valence-corrected chi connectivity index (χ3v) is 4.31. The maximum atomic E-state index is 12.4. The Morgan fingerprint density at radius 3 is 2.73 bits per heavy atom. The number of likely N-dealkylation sites (tertiary alicyclic amines) is 1. The number of aryl methyl sites for hydroxylation is 1. The fourth-order valence-electron chi connectivity index (χ4n) is 2.90. The molecule has 3 rings (SSSR count). The number of nitro groups is 1. The summed E-state index contributed by atoms with van der Waals surface area (Å²) in [6.07, 6.45) is 2.49. The minimum Gasteiger partial charge on any atom is -0.410 e. The van der Waals surface area contributed by atoms with Crippen LogP contribution in [-0.2, 0) is 0 Å². The average Bonchev–Trinajstić information content (AvgIpc) is 2.64. The van der Waals surface area contributed by atoms with Gasteiger partial charge in [-0.05, 0) is 38.0 Å². The zero-order valence-corrected chi connectivity index (χ0v) is 14.2. The number of nitrogens with zero attached hydrogens (tertiary/aromatic N) is 4. The molecule has 2 aromatic rings. The zero-order chi connectivity index (χ0) is 18.7. The predicted molar refractivity (Wildman–Crippen MR) is 92.2 cm³/mol. The molecular weight excluding hydrogens is 340 g/mol. The van der Waals surface area contributed by atoms with Crippen LogP contribution in [0.3, 0.4) is 0 Å². The van der Waals surface area contributed by atoms with Crippen LogP contribution in [0.5, 0.6) is 5.75 Å². The molecule has 1 fully saturated rings. The van der Waals surface area contributed by atoms with Crippen LogP contribution in [0.1, 0.15) is 24.4 Å². The molecule has 0 spiro atoms. The predicted octanol–water partition coefficient (Wildman–Crippen LogP) is 2.30. The fourth-order valence-corrected chi connectivity index (χ4v) is 2.90. The molecule has 0 N–H and O–H groups in total. The largest absolute Gasteiger partial charge is 0.415 e. The van der Waals surface area contributed by atoms with Crippen molar-refractivity contribution in [2.45, 2.75) is 25.8 Å². The minimum atomic E-state index is -0.552. The van der Waals surface area contributed by atoms with E-state index in [1.807, 2.05) is 0 Å². The Hall–Kier alpha value is -3.23. The van der Waals surface area contributed by atoms with Gasteiger partial charge in [-0.25, -0.2) is 9.48 Å². The molecule has 9 nitrogen and oxygen atoms in total. The molecule has 1 aromatic heterocycles. The number of hydrogen-bond acceptors (Lipinski definition) is 6. The lowest BCUT2D eigenvalue weighted by molar-refractivity contribution is -0.384. The van der Waals surface area contributed by atoms with Crippen molar-refractivity contribution in [1.82, 2.24) is 14.7 Å². The highest BCUT2D eigenvalue weighted by Gasteiger charge is 2.27. The highest BCUT2D eigenvalue weighted by atomic mass is 16.6. The van der Waals surface area contributed by atoms with Gasteiger partial charge in [-0.15, -0.1) is 0 Å². The van der Waals surface area contributed by atoms with Gasteiger partial charge in [0.1, 0.15) is 5.75 Å². The van der Waals surface area contributed by atoms with Crippen molar-refractivity contribution >= 4 is 11.8 Å². The molecule has 2 heterocycles. The number of rotatable bonds is 3. The molecule has 0 saturated carbocycles. The van der Waals surface area contributed by atoms with E-state index >= 15 is 0 Å². The van der Waals surface area contributed by atoms with Crippen LogP contribution in [0, 0.1) is 17.0 Å². The maximum Gasteiger partial charge on any atom is 0.415 e. The standard InChI is InChI=1S/C17H18N4O5/c1-12-8-9-18-20(16(12)22)14-3-2-10-19(11-14)17(23)26-15-6-4-13(5-7-15)21(24)25/h4-9,14H,2-3,10-11H2,1H3. The number of aromatic nitrogens is 2.